The van der Waals surface area contributed by atoms with Gasteiger partial charge in [-0.05, 0) is 54.2 Å². The van der Waals surface area contributed by atoms with Crippen LogP contribution in [0.25, 0.3) is 0 Å². The molecule has 2 aromatic carbocycles. The first-order valence-electron chi connectivity index (χ1n) is 7.35. The molecule has 0 radical (unpaired) electrons. The Balaban J connectivity index is 1.67. The van der Waals surface area contributed by atoms with Gasteiger partial charge in [-0.15, -0.1) is 11.8 Å². The van der Waals surface area contributed by atoms with Crippen molar-refractivity contribution in [1.82, 2.24) is 4.90 Å². The van der Waals surface area contributed by atoms with Gasteiger partial charge in [0, 0.05) is 15.2 Å². The molecule has 0 N–H and O–H groups in total. The summed E-state index contributed by atoms with van der Waals surface area (Å²) in [6.45, 7) is 0. The van der Waals surface area contributed by atoms with Gasteiger partial charge >= 0.3 is 0 Å². The summed E-state index contributed by atoms with van der Waals surface area (Å²) in [6.07, 6.45) is 0. The van der Waals surface area contributed by atoms with E-state index in [0.717, 1.165) is 21.5 Å². The normalized spacial score (nSPS) is 23.1. The summed E-state index contributed by atoms with van der Waals surface area (Å²) in [5.74, 6) is 0.776. The quantitative estimate of drug-likeness (QED) is 0.624. The van der Waals surface area contributed by atoms with E-state index in [1.165, 1.54) is 0 Å². The molecule has 0 spiro atoms. The van der Waals surface area contributed by atoms with E-state index in [2.05, 4.69) is 33.0 Å². The Hall–Kier alpha value is -1.08. The van der Waals surface area contributed by atoms with Crippen molar-refractivity contribution < 1.29 is 4.79 Å². The van der Waals surface area contributed by atoms with E-state index in [1.807, 2.05) is 24.3 Å². The smallest absolute Gasteiger partial charge is 0.257 e. The summed E-state index contributed by atoms with van der Waals surface area (Å²) in [4.78, 5) is 16.5. The number of carbonyl (C=O) groups excluding carboxylic acids is 1. The summed E-state index contributed by atoms with van der Waals surface area (Å²) in [6, 6.07) is 15.2. The van der Waals surface area contributed by atoms with Crippen LogP contribution < -0.4 is 4.90 Å². The third kappa shape index (κ3) is 2.65. The van der Waals surface area contributed by atoms with Gasteiger partial charge in [-0.25, -0.2) is 0 Å². The SMILES string of the molecule is O=C1[C@H]2CS[C@H](c3ccc(Br)cc3)N2C(=S)N1c1ccc(Cl)cc1. The molecule has 3 nitrogen and oxygen atoms in total. The molecule has 0 unspecified atom stereocenters. The van der Waals surface area contributed by atoms with Gasteiger partial charge in [0.05, 0.1) is 5.69 Å². The van der Waals surface area contributed by atoms with Gasteiger partial charge in [-0.1, -0.05) is 39.7 Å². The van der Waals surface area contributed by atoms with E-state index in [0.29, 0.717) is 10.1 Å². The van der Waals surface area contributed by atoms with Crippen molar-refractivity contribution in [2.24, 2.45) is 0 Å². The number of thiocarbonyl (C=S) groups is 1. The second-order valence-electron chi connectivity index (χ2n) is 5.59. The van der Waals surface area contributed by atoms with Gasteiger partial charge in [0.1, 0.15) is 11.4 Å². The van der Waals surface area contributed by atoms with Gasteiger partial charge in [0.25, 0.3) is 5.91 Å². The second kappa shape index (κ2) is 6.33. The van der Waals surface area contributed by atoms with Crippen LogP contribution in [0.1, 0.15) is 10.9 Å². The maximum absolute atomic E-state index is 12.9. The molecule has 0 saturated carbocycles. The lowest BCUT2D eigenvalue weighted by Gasteiger charge is -2.25. The highest BCUT2D eigenvalue weighted by molar-refractivity contribution is 9.10. The Morgan fingerprint density at radius 1 is 1.12 bits per heavy atom. The van der Waals surface area contributed by atoms with E-state index >= 15 is 0 Å². The Labute approximate surface area is 163 Å². The fourth-order valence-corrected chi connectivity index (χ4v) is 5.31. The van der Waals surface area contributed by atoms with Crippen molar-refractivity contribution in [3.05, 3.63) is 63.6 Å². The first-order chi connectivity index (χ1) is 11.6. The monoisotopic (exact) mass is 438 g/mol. The summed E-state index contributed by atoms with van der Waals surface area (Å²) in [7, 11) is 0. The minimum atomic E-state index is -0.202. The van der Waals surface area contributed by atoms with Crippen LogP contribution in [0.3, 0.4) is 0 Å². The highest BCUT2D eigenvalue weighted by Gasteiger charge is 2.50. The summed E-state index contributed by atoms with van der Waals surface area (Å²) in [5, 5.41) is 1.27. The summed E-state index contributed by atoms with van der Waals surface area (Å²) < 4.78 is 1.04. The number of benzene rings is 2. The zero-order chi connectivity index (χ0) is 16.8. The Kier molecular flexibility index (Phi) is 4.33. The lowest BCUT2D eigenvalue weighted by atomic mass is 10.2. The molecule has 122 valence electrons. The van der Waals surface area contributed by atoms with E-state index < -0.39 is 0 Å². The molecule has 2 fully saturated rings. The summed E-state index contributed by atoms with van der Waals surface area (Å²) in [5.41, 5.74) is 1.92. The van der Waals surface area contributed by atoms with Crippen molar-refractivity contribution in [3.63, 3.8) is 0 Å². The predicted octanol–water partition coefficient (Wildman–Crippen LogP) is 4.85. The van der Waals surface area contributed by atoms with E-state index in [1.54, 1.807) is 28.8 Å². The number of hydrogen-bond donors (Lipinski definition) is 0. The molecule has 2 aliphatic heterocycles. The fourth-order valence-electron chi connectivity index (χ4n) is 3.00. The van der Waals surface area contributed by atoms with E-state index in [9.17, 15) is 4.79 Å². The van der Waals surface area contributed by atoms with Crippen LogP contribution in [0.15, 0.2) is 53.0 Å². The molecular weight excluding hydrogens is 428 g/mol. The van der Waals surface area contributed by atoms with Crippen molar-refractivity contribution in [1.29, 1.82) is 0 Å². The average Bonchev–Trinajstić information content (AvgIpc) is 3.11. The number of carbonyl (C=O) groups is 1. The molecule has 7 heteroatoms. The first-order valence-corrected chi connectivity index (χ1v) is 9.98. The molecule has 2 aromatic rings. The molecule has 4 rings (SSSR count). The second-order valence-corrected chi connectivity index (χ2v) is 8.42. The van der Waals surface area contributed by atoms with Crippen LogP contribution in [0.2, 0.25) is 5.02 Å². The maximum Gasteiger partial charge on any atom is 0.257 e. The number of hydrogen-bond acceptors (Lipinski definition) is 3. The number of rotatable bonds is 2. The topological polar surface area (TPSA) is 23.6 Å². The lowest BCUT2D eigenvalue weighted by Crippen LogP contribution is -2.33. The number of anilines is 1. The highest BCUT2D eigenvalue weighted by Crippen LogP contribution is 2.46. The van der Waals surface area contributed by atoms with Crippen LogP contribution in [0.5, 0.6) is 0 Å². The standard InChI is InChI=1S/C17H12BrClN2OS2/c18-11-3-1-10(2-4-11)16-21-14(9-24-16)15(22)20(17(21)23)13-7-5-12(19)6-8-13/h1-8,14,16H,9H2/t14-,16-/m1/s1. The molecule has 2 saturated heterocycles. The van der Waals surface area contributed by atoms with Crippen molar-refractivity contribution in [3.8, 4) is 0 Å². The van der Waals surface area contributed by atoms with Crippen molar-refractivity contribution in [2.75, 3.05) is 10.7 Å². The summed E-state index contributed by atoms with van der Waals surface area (Å²) >= 11 is 16.8. The molecule has 2 atom stereocenters. The van der Waals surface area contributed by atoms with Crippen LogP contribution in [0.4, 0.5) is 5.69 Å². The number of fused-ring (bicyclic) bond motifs is 1. The highest BCUT2D eigenvalue weighted by atomic mass is 79.9. The van der Waals surface area contributed by atoms with Gasteiger partial charge in [-0.2, -0.15) is 0 Å². The minimum Gasteiger partial charge on any atom is -0.319 e. The van der Waals surface area contributed by atoms with Crippen LogP contribution in [-0.4, -0.2) is 27.7 Å². The zero-order valence-corrected chi connectivity index (χ0v) is 16.3. The number of halogens is 2. The molecule has 2 aliphatic rings. The van der Waals surface area contributed by atoms with Crippen LogP contribution in [0, 0.1) is 0 Å². The Morgan fingerprint density at radius 2 is 1.79 bits per heavy atom. The lowest BCUT2D eigenvalue weighted by molar-refractivity contribution is -0.119. The molecule has 0 bridgehead atoms. The third-order valence-electron chi connectivity index (χ3n) is 4.16. The van der Waals surface area contributed by atoms with Crippen LogP contribution >= 0.6 is 51.5 Å². The van der Waals surface area contributed by atoms with Gasteiger partial charge in [0.15, 0.2) is 5.11 Å². The number of amides is 1. The molecular formula is C17H12BrClN2OS2. The number of thioether (sulfide) groups is 1. The predicted molar refractivity (Wildman–Crippen MR) is 107 cm³/mol. The van der Waals surface area contributed by atoms with Gasteiger partial charge in [0.2, 0.25) is 0 Å². The van der Waals surface area contributed by atoms with Gasteiger partial charge < -0.3 is 4.90 Å². The molecule has 0 aliphatic carbocycles. The largest absolute Gasteiger partial charge is 0.319 e. The van der Waals surface area contributed by atoms with Crippen molar-refractivity contribution in [2.45, 2.75) is 11.4 Å². The molecule has 2 heterocycles. The zero-order valence-electron chi connectivity index (χ0n) is 12.4. The first kappa shape index (κ1) is 16.4. The number of nitrogens with zero attached hydrogens (tertiary/aromatic N) is 2. The maximum atomic E-state index is 12.9. The third-order valence-corrected chi connectivity index (χ3v) is 6.66. The molecule has 24 heavy (non-hydrogen) atoms. The Bertz CT molecular complexity index is 812. The van der Waals surface area contributed by atoms with E-state index in [-0.39, 0.29) is 17.3 Å². The van der Waals surface area contributed by atoms with E-state index in [4.69, 9.17) is 23.8 Å². The fraction of sp³-hybridized carbons (Fsp3) is 0.176. The van der Waals surface area contributed by atoms with Crippen molar-refractivity contribution >= 4 is 68.2 Å². The Morgan fingerprint density at radius 3 is 2.46 bits per heavy atom. The minimum absolute atomic E-state index is 0.0365. The van der Waals surface area contributed by atoms with Gasteiger partial charge in [-0.3, -0.25) is 9.69 Å². The molecule has 1 amide bonds. The average molecular weight is 440 g/mol. The molecule has 0 aromatic heterocycles. The van der Waals surface area contributed by atoms with Crippen LogP contribution in [-0.2, 0) is 4.79 Å².